The van der Waals surface area contributed by atoms with Gasteiger partial charge < -0.3 is 106 Å². The van der Waals surface area contributed by atoms with Crippen LogP contribution >= 0.6 is 0 Å². The van der Waals surface area contributed by atoms with Crippen molar-refractivity contribution in [3.63, 3.8) is 0 Å². The molecule has 0 spiro atoms. The SMILES string of the molecule is CCCCCCCCCCCCC/C=C/[C@H]1OC(=O)CCC(=O)OC[C@@H]2O[C@@H](OC[C@@H]1NC(=O)CCCCCCCCCCCCCCCCC)C(OC(=O)c1ccccc1)C(C)[C@@H]2O[C@@H]1OC(COC(=O)c2ccccc2)[C@H](O[C@@H]2OC(COC(C)=O)[C@H](C)[C@H](O[C@@H]3OC(COC(C)=O)[C@H](C)[C@H](C)C3NC(C)=O)C2NC(C)=O)[C@H](O[C@]2(C(=O)OC)CC(C)[C@H](C)[C@H]([C@H](C)[C@@H](COC(C)=O)OC(C)=O)O2)C1C. The van der Waals surface area contributed by atoms with Crippen molar-refractivity contribution in [3.8, 4) is 0 Å². The van der Waals surface area contributed by atoms with Crippen molar-refractivity contribution in [2.75, 3.05) is 46.8 Å². The molecule has 6 saturated heterocycles. The van der Waals surface area contributed by atoms with Crippen LogP contribution in [-0.2, 0) is 138 Å². The highest BCUT2D eigenvalue weighted by Gasteiger charge is 2.62. The molecule has 0 aliphatic carbocycles. The molecule has 6 heterocycles. The third kappa shape index (κ3) is 38.4. The Balaban J connectivity index is 1.25. The minimum Gasteiger partial charge on any atom is -0.465 e. The van der Waals surface area contributed by atoms with E-state index in [1.807, 2.05) is 33.8 Å². The zero-order valence-electron chi connectivity index (χ0n) is 87.3. The lowest BCUT2D eigenvalue weighted by atomic mass is 9.76. The van der Waals surface area contributed by atoms with Crippen LogP contribution < -0.4 is 16.0 Å². The van der Waals surface area contributed by atoms with Gasteiger partial charge in [0.1, 0.15) is 69.6 Å². The summed E-state index contributed by atoms with van der Waals surface area (Å²) < 4.78 is 126. The van der Waals surface area contributed by atoms with E-state index in [-0.39, 0.29) is 42.4 Å². The summed E-state index contributed by atoms with van der Waals surface area (Å²) in [6.07, 6.45) is 9.84. The standard InChI is InChI=1S/C108H167N3O31/c1-18-20-22-24-26-28-30-32-33-35-37-39-41-43-51-57-90(118)111-83-61-130-106-99(137-102(122)82-54-48-45-49-55-82)73(9)96(88(136-106)65-128-91(119)58-59-92(120)132-84(83)56-50-42-40-38-36-34-31-29-27-25-23-21-19-2)138-103-74(10)98(142-108(107(123)124-17)60-67(3)68(4)95(141-108)71(7)86(131-80(16)117)63-126-78(14)115)100(89(135-103)66-129-101(121)81-52-46-44-47-53-81)140-105-94(110-76(12)113)97(72(8)87(134-105)64-127-79(15)116)139-104-93(109-75(11)112)70(6)69(5)85(133-104)62-125-77(13)114/h44-50,52-56,67-74,83-89,93-100,103-106H,18-43,51,57-66H2,1-17H3,(H,109,112)(H,110,113)(H,111,118)/b56-50+/t67?,68-,69+,70-,71+,72-,73?,74?,83-,84+,85?,86+,87?,88-,89?,93?,94?,95+,96-,97-,98+,99?,100-,103-,104-,105-,106+,108-/m0/s1. The number of hydrogen-bond donors (Lipinski definition) is 3. The molecule has 6 aliphatic rings. The van der Waals surface area contributed by atoms with E-state index in [4.69, 9.17) is 90.0 Å². The largest absolute Gasteiger partial charge is 0.465 e. The average molecular weight is 2000 g/mol. The highest BCUT2D eigenvalue weighted by atomic mass is 16.8. The van der Waals surface area contributed by atoms with E-state index in [0.29, 0.717) is 12.8 Å². The van der Waals surface area contributed by atoms with Gasteiger partial charge in [-0.3, -0.25) is 43.2 Å². The fraction of sp³-hybridized carbons (Fsp3) is 0.759. The third-order valence-electron chi connectivity index (χ3n) is 28.5. The molecular formula is C108H167N3O31. The first-order chi connectivity index (χ1) is 68.1. The van der Waals surface area contributed by atoms with Crippen LogP contribution in [0.1, 0.15) is 331 Å². The molecule has 142 heavy (non-hydrogen) atoms. The minimum atomic E-state index is -2.55. The molecule has 34 heteroatoms. The molecule has 2 bridgehead atoms. The van der Waals surface area contributed by atoms with E-state index in [2.05, 4.69) is 29.8 Å². The maximum atomic E-state index is 15.7. The molecule has 28 atom stereocenters. The van der Waals surface area contributed by atoms with Gasteiger partial charge in [0.05, 0.1) is 86.4 Å². The summed E-state index contributed by atoms with van der Waals surface area (Å²) in [6, 6.07) is 12.6. The van der Waals surface area contributed by atoms with Crippen LogP contribution in [-0.4, -0.2) is 241 Å². The van der Waals surface area contributed by atoms with Crippen LogP contribution in [0.2, 0.25) is 0 Å². The summed E-state index contributed by atoms with van der Waals surface area (Å²) in [7, 11) is 1.12. The summed E-state index contributed by atoms with van der Waals surface area (Å²) in [6.45, 7) is 23.0. The van der Waals surface area contributed by atoms with Crippen molar-refractivity contribution < 1.29 is 148 Å². The Bertz CT molecular complexity index is 4200. The molecule has 6 aliphatic heterocycles. The van der Waals surface area contributed by atoms with Gasteiger partial charge in [0.2, 0.25) is 17.7 Å². The lowest BCUT2D eigenvalue weighted by Crippen LogP contribution is -2.69. The monoisotopic (exact) mass is 2000 g/mol. The number of fused-ring (bicyclic) bond motifs is 2. The highest BCUT2D eigenvalue weighted by Crippen LogP contribution is 2.48. The van der Waals surface area contributed by atoms with Crippen LogP contribution in [0.25, 0.3) is 0 Å². The van der Waals surface area contributed by atoms with E-state index >= 15 is 9.59 Å². The summed E-state index contributed by atoms with van der Waals surface area (Å²) in [4.78, 5) is 168. The van der Waals surface area contributed by atoms with E-state index in [1.165, 1.54) is 150 Å². The summed E-state index contributed by atoms with van der Waals surface area (Å²) in [5.41, 5.74) is 0.215. The molecule has 2 aromatic rings. The summed E-state index contributed by atoms with van der Waals surface area (Å²) in [5.74, 6) is -17.3. The van der Waals surface area contributed by atoms with Crippen molar-refractivity contribution in [1.82, 2.24) is 16.0 Å². The molecule has 0 aromatic heterocycles. The molecule has 0 radical (unpaired) electrons. The van der Waals surface area contributed by atoms with Gasteiger partial charge in [0.25, 0.3) is 5.79 Å². The molecule has 9 unspecified atom stereocenters. The van der Waals surface area contributed by atoms with Crippen LogP contribution in [0.4, 0.5) is 0 Å². The van der Waals surface area contributed by atoms with E-state index in [0.717, 1.165) is 71.3 Å². The molecular weight excluding hydrogens is 1840 g/mol. The fourth-order valence-corrected chi connectivity index (χ4v) is 19.7. The molecule has 800 valence electrons. The van der Waals surface area contributed by atoms with Gasteiger partial charge in [0.15, 0.2) is 31.3 Å². The van der Waals surface area contributed by atoms with Crippen LogP contribution in [0.15, 0.2) is 72.8 Å². The van der Waals surface area contributed by atoms with Gasteiger partial charge in [-0.25, -0.2) is 14.4 Å². The quantitative estimate of drug-likeness (QED) is 0.0240. The van der Waals surface area contributed by atoms with Crippen molar-refractivity contribution in [3.05, 3.63) is 83.9 Å². The maximum absolute atomic E-state index is 15.7. The molecule has 6 fully saturated rings. The van der Waals surface area contributed by atoms with Gasteiger partial charge in [-0.2, -0.15) is 0 Å². The molecule has 34 nitrogen and oxygen atoms in total. The number of allylic oxidation sites excluding steroid dienone is 1. The lowest BCUT2D eigenvalue weighted by Gasteiger charge is -2.54. The number of hydrogen-bond acceptors (Lipinski definition) is 31. The topological polar surface area (TPSA) is 416 Å². The molecule has 2 aromatic carbocycles. The van der Waals surface area contributed by atoms with Crippen molar-refractivity contribution in [1.29, 1.82) is 0 Å². The van der Waals surface area contributed by atoms with E-state index < -0.39 is 275 Å². The predicted molar refractivity (Wildman–Crippen MR) is 522 cm³/mol. The van der Waals surface area contributed by atoms with Crippen molar-refractivity contribution in [2.24, 2.45) is 47.3 Å². The first-order valence-corrected chi connectivity index (χ1v) is 52.6. The van der Waals surface area contributed by atoms with Gasteiger partial charge in [-0.1, -0.05) is 266 Å². The molecule has 3 N–H and O–H groups in total. The van der Waals surface area contributed by atoms with Gasteiger partial charge >= 0.3 is 53.7 Å². The number of rotatable bonds is 55. The Morgan fingerprint density at radius 2 is 0.965 bits per heavy atom. The first kappa shape index (κ1) is 119. The van der Waals surface area contributed by atoms with E-state index in [1.54, 1.807) is 82.3 Å². The second kappa shape index (κ2) is 62.4. The number of unbranched alkanes of at least 4 members (excludes halogenated alkanes) is 25. The van der Waals surface area contributed by atoms with Crippen LogP contribution in [0.3, 0.4) is 0 Å². The summed E-state index contributed by atoms with van der Waals surface area (Å²) in [5, 5.41) is 9.14. The normalized spacial score (nSPS) is 30.2. The zero-order chi connectivity index (χ0) is 103. The Hall–Kier alpha value is -8.58. The number of methoxy groups -OCH3 is 1. The number of esters is 9. The Labute approximate surface area is 841 Å². The van der Waals surface area contributed by atoms with Gasteiger partial charge in [-0.05, 0) is 73.3 Å². The van der Waals surface area contributed by atoms with Crippen LogP contribution in [0, 0.1) is 47.3 Å². The maximum Gasteiger partial charge on any atom is 0.366 e. The number of nitrogens with one attached hydrogen (secondary N) is 3. The number of amides is 3. The molecule has 0 saturated carbocycles. The number of carbonyl (C=O) groups excluding carboxylic acids is 12. The minimum absolute atomic E-state index is 0.0890. The molecule has 8 rings (SSSR count). The molecule has 3 amide bonds. The average Bonchev–Trinajstić information content (AvgIpc) is 0.745. The Morgan fingerprint density at radius 1 is 0.472 bits per heavy atom. The lowest BCUT2D eigenvalue weighted by molar-refractivity contribution is -0.392. The highest BCUT2D eigenvalue weighted by molar-refractivity contribution is 5.90. The van der Waals surface area contributed by atoms with Crippen LogP contribution in [0.5, 0.6) is 0 Å². The van der Waals surface area contributed by atoms with Crippen molar-refractivity contribution in [2.45, 2.75) is 432 Å². The third-order valence-corrected chi connectivity index (χ3v) is 28.5. The number of cyclic esters (lactones) is 2. The van der Waals surface area contributed by atoms with Gasteiger partial charge in [0, 0.05) is 78.1 Å². The predicted octanol–water partition coefficient (Wildman–Crippen LogP) is 16.2. The summed E-state index contributed by atoms with van der Waals surface area (Å²) >= 11 is 0. The fourth-order valence-electron chi connectivity index (χ4n) is 19.7. The Morgan fingerprint density at radius 3 is 1.51 bits per heavy atom. The zero-order valence-corrected chi connectivity index (χ0v) is 87.3. The van der Waals surface area contributed by atoms with Crippen molar-refractivity contribution >= 4 is 71.4 Å². The second-order valence-corrected chi connectivity index (χ2v) is 39.9. The van der Waals surface area contributed by atoms with Gasteiger partial charge in [-0.15, -0.1) is 0 Å². The van der Waals surface area contributed by atoms with E-state index in [9.17, 15) is 47.9 Å². The number of benzene rings is 2. The first-order valence-electron chi connectivity index (χ1n) is 52.6. The number of carbonyl (C=O) groups is 12. The smallest absolute Gasteiger partial charge is 0.366 e. The second-order valence-electron chi connectivity index (χ2n) is 39.9. The number of ether oxygens (including phenoxy) is 19. The Kier molecular flexibility index (Phi) is 52.2.